The van der Waals surface area contributed by atoms with E-state index in [0.29, 0.717) is 22.5 Å². The maximum Gasteiger partial charge on any atom is 0.271 e. The lowest BCUT2D eigenvalue weighted by molar-refractivity contribution is 0.0954. The summed E-state index contributed by atoms with van der Waals surface area (Å²) in [7, 11) is 0. The largest absolute Gasteiger partial charge is 0.322 e. The van der Waals surface area contributed by atoms with Crippen LogP contribution < -0.4 is 10.7 Å². The van der Waals surface area contributed by atoms with E-state index >= 15 is 0 Å². The number of nitrogens with one attached hydrogen (secondary N) is 2. The molecule has 0 bridgehead atoms. The highest BCUT2D eigenvalue weighted by atomic mass is 19.1. The summed E-state index contributed by atoms with van der Waals surface area (Å²) in [6, 6.07) is 17.1. The molecule has 2 N–H and O–H groups in total. The first-order valence-corrected chi connectivity index (χ1v) is 8.45. The van der Waals surface area contributed by atoms with E-state index in [1.165, 1.54) is 30.5 Å². The topological polar surface area (TPSA) is 83.5 Å². The predicted octanol–water partition coefficient (Wildman–Crippen LogP) is 3.55. The summed E-state index contributed by atoms with van der Waals surface area (Å²) in [6.45, 7) is 1.87. The number of carbonyl (C=O) groups excluding carboxylic acids is 2. The van der Waals surface area contributed by atoms with Gasteiger partial charge >= 0.3 is 0 Å². The van der Waals surface area contributed by atoms with Crippen molar-refractivity contribution in [2.75, 3.05) is 5.32 Å². The lowest BCUT2D eigenvalue weighted by atomic mass is 10.1. The first-order chi connectivity index (χ1) is 13.5. The second-order valence-corrected chi connectivity index (χ2v) is 5.94. The smallest absolute Gasteiger partial charge is 0.271 e. The minimum Gasteiger partial charge on any atom is -0.322 e. The number of carbonyl (C=O) groups is 2. The molecule has 1 heterocycles. The zero-order chi connectivity index (χ0) is 19.9. The lowest BCUT2D eigenvalue weighted by Crippen LogP contribution is -2.18. The third-order valence-electron chi connectivity index (χ3n) is 3.78. The van der Waals surface area contributed by atoms with Gasteiger partial charge in [0, 0.05) is 22.5 Å². The number of hydrogen-bond donors (Lipinski definition) is 2. The van der Waals surface area contributed by atoms with Crippen molar-refractivity contribution in [1.82, 2.24) is 10.4 Å². The zero-order valence-corrected chi connectivity index (χ0v) is 15.0. The Bertz CT molecular complexity index is 1020. The van der Waals surface area contributed by atoms with E-state index in [4.69, 9.17) is 0 Å². The Kier molecular flexibility index (Phi) is 5.86. The fraction of sp³-hybridized carbons (Fsp3) is 0.0476. The highest BCUT2D eigenvalue weighted by Crippen LogP contribution is 2.12. The standard InChI is InChI=1S/C21H17FN4O2/c1-14-3-2-4-19(24-14)13-23-26-21(28)16-7-11-18(12-8-16)25-20(27)15-5-9-17(22)10-6-15/h2-13H,1H3,(H,25,27)(H,26,28)/b23-13-. The quantitative estimate of drug-likeness (QED) is 0.528. The van der Waals surface area contributed by atoms with Gasteiger partial charge < -0.3 is 5.32 Å². The number of aryl methyl sites for hydroxylation is 1. The summed E-state index contributed by atoms with van der Waals surface area (Å²) in [5.74, 6) is -1.17. The maximum atomic E-state index is 12.9. The van der Waals surface area contributed by atoms with E-state index in [1.54, 1.807) is 30.3 Å². The van der Waals surface area contributed by atoms with Crippen LogP contribution in [0.3, 0.4) is 0 Å². The predicted molar refractivity (Wildman–Crippen MR) is 105 cm³/mol. The van der Waals surface area contributed by atoms with E-state index in [-0.39, 0.29) is 11.8 Å². The number of halogens is 1. The van der Waals surface area contributed by atoms with Gasteiger partial charge in [0.2, 0.25) is 0 Å². The van der Waals surface area contributed by atoms with E-state index in [1.807, 2.05) is 19.1 Å². The number of rotatable bonds is 5. The van der Waals surface area contributed by atoms with Gasteiger partial charge in [-0.15, -0.1) is 0 Å². The van der Waals surface area contributed by atoms with Crippen molar-refractivity contribution in [3.05, 3.63) is 95.1 Å². The summed E-state index contributed by atoms with van der Waals surface area (Å²) < 4.78 is 12.9. The molecular formula is C21H17FN4O2. The number of amides is 2. The first-order valence-electron chi connectivity index (χ1n) is 8.45. The number of hydrazone groups is 1. The van der Waals surface area contributed by atoms with Gasteiger partial charge in [0.15, 0.2) is 0 Å². The van der Waals surface area contributed by atoms with Crippen LogP contribution in [0.25, 0.3) is 0 Å². The Hall–Kier alpha value is -3.87. The molecule has 0 fully saturated rings. The van der Waals surface area contributed by atoms with Crippen molar-refractivity contribution < 1.29 is 14.0 Å². The van der Waals surface area contributed by atoms with E-state index in [9.17, 15) is 14.0 Å². The second-order valence-electron chi connectivity index (χ2n) is 5.94. The summed E-state index contributed by atoms with van der Waals surface area (Å²) >= 11 is 0. The van der Waals surface area contributed by atoms with Crippen LogP contribution in [-0.2, 0) is 0 Å². The number of nitrogens with zero attached hydrogens (tertiary/aromatic N) is 2. The van der Waals surface area contributed by atoms with Gasteiger partial charge in [0.1, 0.15) is 5.82 Å². The Morgan fingerprint density at radius 2 is 1.57 bits per heavy atom. The van der Waals surface area contributed by atoms with E-state index in [2.05, 4.69) is 20.8 Å². The normalized spacial score (nSPS) is 10.6. The Labute approximate surface area is 161 Å². The minimum atomic E-state index is -0.409. The highest BCUT2D eigenvalue weighted by Gasteiger charge is 2.08. The highest BCUT2D eigenvalue weighted by molar-refractivity contribution is 6.04. The van der Waals surface area contributed by atoms with Crippen LogP contribution in [0.5, 0.6) is 0 Å². The van der Waals surface area contributed by atoms with Gasteiger partial charge in [-0.1, -0.05) is 6.07 Å². The van der Waals surface area contributed by atoms with Crippen molar-refractivity contribution in [2.45, 2.75) is 6.92 Å². The van der Waals surface area contributed by atoms with Crippen LogP contribution in [0.4, 0.5) is 10.1 Å². The molecule has 0 unspecified atom stereocenters. The van der Waals surface area contributed by atoms with E-state index in [0.717, 1.165) is 5.69 Å². The van der Waals surface area contributed by atoms with Gasteiger partial charge in [-0.25, -0.2) is 9.82 Å². The summed E-state index contributed by atoms with van der Waals surface area (Å²) in [4.78, 5) is 28.5. The van der Waals surface area contributed by atoms with Crippen LogP contribution >= 0.6 is 0 Å². The monoisotopic (exact) mass is 376 g/mol. The molecule has 3 rings (SSSR count). The van der Waals surface area contributed by atoms with Crippen LogP contribution in [0, 0.1) is 12.7 Å². The molecule has 0 radical (unpaired) electrons. The maximum absolute atomic E-state index is 12.9. The van der Waals surface area contributed by atoms with Gasteiger partial charge in [0.25, 0.3) is 11.8 Å². The average Bonchev–Trinajstić information content (AvgIpc) is 2.69. The van der Waals surface area contributed by atoms with Crippen LogP contribution in [-0.4, -0.2) is 23.0 Å². The molecule has 6 nitrogen and oxygen atoms in total. The third kappa shape index (κ3) is 5.07. The molecule has 2 aromatic carbocycles. The van der Waals surface area contributed by atoms with Crippen molar-refractivity contribution >= 4 is 23.7 Å². The van der Waals surface area contributed by atoms with Crippen LogP contribution in [0.15, 0.2) is 71.8 Å². The fourth-order valence-electron chi connectivity index (χ4n) is 2.37. The molecule has 2 amide bonds. The molecular weight excluding hydrogens is 359 g/mol. The molecule has 0 aliphatic carbocycles. The summed E-state index contributed by atoms with van der Waals surface area (Å²) in [5.41, 5.74) is 5.15. The van der Waals surface area contributed by atoms with Gasteiger partial charge in [-0.3, -0.25) is 14.6 Å². The van der Waals surface area contributed by atoms with Crippen molar-refractivity contribution in [1.29, 1.82) is 0 Å². The Morgan fingerprint density at radius 1 is 0.929 bits per heavy atom. The molecule has 0 atom stereocenters. The average molecular weight is 376 g/mol. The summed E-state index contributed by atoms with van der Waals surface area (Å²) in [6.07, 6.45) is 1.46. The number of pyridine rings is 1. The fourth-order valence-corrected chi connectivity index (χ4v) is 2.37. The lowest BCUT2D eigenvalue weighted by Gasteiger charge is -2.06. The van der Waals surface area contributed by atoms with Gasteiger partial charge in [-0.05, 0) is 67.6 Å². The third-order valence-corrected chi connectivity index (χ3v) is 3.78. The van der Waals surface area contributed by atoms with E-state index < -0.39 is 5.82 Å². The molecule has 1 aromatic heterocycles. The molecule has 0 saturated heterocycles. The van der Waals surface area contributed by atoms with Gasteiger partial charge in [0.05, 0.1) is 11.9 Å². The Balaban J connectivity index is 1.58. The molecule has 28 heavy (non-hydrogen) atoms. The number of benzene rings is 2. The molecule has 7 heteroatoms. The minimum absolute atomic E-state index is 0.335. The molecule has 0 saturated carbocycles. The van der Waals surface area contributed by atoms with Crippen molar-refractivity contribution in [3.8, 4) is 0 Å². The van der Waals surface area contributed by atoms with Crippen molar-refractivity contribution in [2.24, 2.45) is 5.10 Å². The molecule has 0 aliphatic heterocycles. The van der Waals surface area contributed by atoms with Gasteiger partial charge in [-0.2, -0.15) is 5.10 Å². The second kappa shape index (κ2) is 8.68. The number of anilines is 1. The Morgan fingerprint density at radius 3 is 2.25 bits per heavy atom. The molecule has 0 aliphatic rings. The SMILES string of the molecule is Cc1cccc(/C=N\NC(=O)c2ccc(NC(=O)c3ccc(F)cc3)cc2)n1. The van der Waals surface area contributed by atoms with Crippen LogP contribution in [0.2, 0.25) is 0 Å². The zero-order valence-electron chi connectivity index (χ0n) is 15.0. The molecule has 3 aromatic rings. The summed E-state index contributed by atoms with van der Waals surface area (Å²) in [5, 5.41) is 6.57. The number of aromatic nitrogens is 1. The molecule has 0 spiro atoms. The first kappa shape index (κ1) is 18.9. The molecule has 140 valence electrons. The number of hydrogen-bond acceptors (Lipinski definition) is 4. The van der Waals surface area contributed by atoms with Crippen molar-refractivity contribution in [3.63, 3.8) is 0 Å². The van der Waals surface area contributed by atoms with Crippen LogP contribution in [0.1, 0.15) is 32.1 Å².